The number of rotatable bonds is 8. The van der Waals surface area contributed by atoms with Crippen LogP contribution in [0, 0.1) is 6.92 Å². The van der Waals surface area contributed by atoms with E-state index in [4.69, 9.17) is 0 Å². The summed E-state index contributed by atoms with van der Waals surface area (Å²) in [5, 5.41) is 0. The molecule has 2 heterocycles. The third-order valence-corrected chi connectivity index (χ3v) is 4.47. The van der Waals surface area contributed by atoms with Crippen LogP contribution < -0.4 is 11.2 Å². The molecule has 0 bridgehead atoms. The van der Waals surface area contributed by atoms with Crippen molar-refractivity contribution in [3.05, 3.63) is 26.7 Å². The third kappa shape index (κ3) is 4.33. The lowest BCUT2D eigenvalue weighted by Crippen LogP contribution is -2.37. The molecule has 2 aromatic rings. The lowest BCUT2D eigenvalue weighted by atomic mass is 10.3. The average molecular weight is 372 g/mol. The molecule has 0 aromatic carbocycles. The first-order valence-corrected chi connectivity index (χ1v) is 8.77. The Morgan fingerprint density at radius 2 is 1.60 bits per heavy atom. The van der Waals surface area contributed by atoms with Gasteiger partial charge in [0.2, 0.25) is 0 Å². The van der Waals surface area contributed by atoms with E-state index in [1.165, 1.54) is 11.6 Å². The van der Waals surface area contributed by atoms with Crippen LogP contribution in [0.5, 0.6) is 0 Å². The van der Waals surface area contributed by atoms with Gasteiger partial charge in [0.15, 0.2) is 11.2 Å². The van der Waals surface area contributed by atoms with E-state index < -0.39 is 0 Å². The van der Waals surface area contributed by atoms with Crippen molar-refractivity contribution in [2.75, 3.05) is 19.6 Å². The summed E-state index contributed by atoms with van der Waals surface area (Å²) in [5.41, 5.74) is 0.385. The monoisotopic (exact) mass is 371 g/mol. The predicted octanol–water partition coefficient (Wildman–Crippen LogP) is 1.68. The summed E-state index contributed by atoms with van der Waals surface area (Å²) in [6.07, 6.45) is 3.25. The van der Waals surface area contributed by atoms with Gasteiger partial charge in [-0.15, -0.1) is 12.4 Å². The number of hydrogen-bond acceptors (Lipinski definition) is 4. The minimum Gasteiger partial charge on any atom is -0.322 e. The Bertz CT molecular complexity index is 815. The van der Waals surface area contributed by atoms with Gasteiger partial charge in [0.25, 0.3) is 5.56 Å². The number of imidazole rings is 1. The molecule has 8 heteroatoms. The van der Waals surface area contributed by atoms with E-state index in [0.717, 1.165) is 55.8 Å². The highest BCUT2D eigenvalue weighted by atomic mass is 35.5. The van der Waals surface area contributed by atoms with Crippen molar-refractivity contribution in [3.8, 4) is 0 Å². The van der Waals surface area contributed by atoms with Crippen LogP contribution in [0.2, 0.25) is 0 Å². The molecule has 0 aliphatic heterocycles. The zero-order valence-corrected chi connectivity index (χ0v) is 16.7. The van der Waals surface area contributed by atoms with Crippen LogP contribution in [0.1, 0.15) is 38.9 Å². The molecule has 0 spiro atoms. The first-order chi connectivity index (χ1) is 11.4. The van der Waals surface area contributed by atoms with Crippen molar-refractivity contribution < 1.29 is 0 Å². The van der Waals surface area contributed by atoms with Gasteiger partial charge in [0, 0.05) is 20.6 Å². The summed E-state index contributed by atoms with van der Waals surface area (Å²) >= 11 is 0. The molecule has 0 saturated carbocycles. The molecule has 0 fully saturated rings. The van der Waals surface area contributed by atoms with Crippen molar-refractivity contribution in [2.45, 2.75) is 46.6 Å². The first kappa shape index (κ1) is 21.4. The second-order valence-corrected chi connectivity index (χ2v) is 6.38. The number of nitrogens with zero attached hydrogens (tertiary/aromatic N) is 5. The average Bonchev–Trinajstić information content (AvgIpc) is 2.88. The van der Waals surface area contributed by atoms with Gasteiger partial charge in [-0.25, -0.2) is 9.78 Å². The Balaban J connectivity index is 0.00000312. The smallest absolute Gasteiger partial charge is 0.322 e. The molecule has 0 amide bonds. The van der Waals surface area contributed by atoms with Crippen LogP contribution in [0.4, 0.5) is 0 Å². The van der Waals surface area contributed by atoms with Gasteiger partial charge in [-0.1, -0.05) is 13.8 Å². The Morgan fingerprint density at radius 1 is 1.00 bits per heavy atom. The highest BCUT2D eigenvalue weighted by molar-refractivity contribution is 5.85. The third-order valence-electron chi connectivity index (χ3n) is 4.47. The second-order valence-electron chi connectivity index (χ2n) is 6.38. The van der Waals surface area contributed by atoms with E-state index in [1.807, 2.05) is 11.5 Å². The Hall–Kier alpha value is -1.60. The van der Waals surface area contributed by atoms with Gasteiger partial charge in [0.05, 0.1) is 0 Å². The summed E-state index contributed by atoms with van der Waals surface area (Å²) in [7, 11) is 3.17. The van der Waals surface area contributed by atoms with E-state index >= 15 is 0 Å². The first-order valence-electron chi connectivity index (χ1n) is 8.77. The molecule has 25 heavy (non-hydrogen) atoms. The van der Waals surface area contributed by atoms with E-state index in [1.54, 1.807) is 7.05 Å². The molecule has 0 aliphatic carbocycles. The van der Waals surface area contributed by atoms with Crippen molar-refractivity contribution in [3.63, 3.8) is 0 Å². The standard InChI is InChI=1S/C17H29N5O2.ClH/c1-6-9-21(10-7-2)11-8-12-22-13(3)18-15-14(22)16(23)20(5)17(24)19(15)4;/h6-12H2,1-5H3;1H. The molecule has 0 atom stereocenters. The zero-order chi connectivity index (χ0) is 17.9. The number of aromatic nitrogens is 4. The minimum absolute atomic E-state index is 0. The van der Waals surface area contributed by atoms with E-state index in [0.29, 0.717) is 11.2 Å². The molecule has 0 aliphatic rings. The van der Waals surface area contributed by atoms with E-state index in [-0.39, 0.29) is 23.7 Å². The second kappa shape index (κ2) is 9.20. The molecular formula is C17H30ClN5O2. The largest absolute Gasteiger partial charge is 0.332 e. The molecule has 2 aromatic heterocycles. The Labute approximate surface area is 154 Å². The van der Waals surface area contributed by atoms with Gasteiger partial charge in [-0.2, -0.15) is 0 Å². The fourth-order valence-corrected chi connectivity index (χ4v) is 3.25. The van der Waals surface area contributed by atoms with Gasteiger partial charge >= 0.3 is 5.69 Å². The maximum Gasteiger partial charge on any atom is 0.332 e. The molecule has 142 valence electrons. The van der Waals surface area contributed by atoms with Gasteiger partial charge in [0.1, 0.15) is 5.82 Å². The zero-order valence-electron chi connectivity index (χ0n) is 15.9. The molecule has 7 nitrogen and oxygen atoms in total. The fraction of sp³-hybridized carbons (Fsp3) is 0.706. The van der Waals surface area contributed by atoms with E-state index in [2.05, 4.69) is 23.7 Å². The summed E-state index contributed by atoms with van der Waals surface area (Å²) in [5.74, 6) is 0.779. The lowest BCUT2D eigenvalue weighted by Gasteiger charge is -2.21. The van der Waals surface area contributed by atoms with Crippen molar-refractivity contribution >= 4 is 23.6 Å². The summed E-state index contributed by atoms with van der Waals surface area (Å²) in [4.78, 5) is 31.5. The number of halogens is 1. The summed E-state index contributed by atoms with van der Waals surface area (Å²) in [6.45, 7) is 10.2. The topological polar surface area (TPSA) is 65.1 Å². The maximum absolute atomic E-state index is 12.5. The Morgan fingerprint density at radius 3 is 2.16 bits per heavy atom. The van der Waals surface area contributed by atoms with Crippen LogP contribution in [0.3, 0.4) is 0 Å². The molecule has 0 unspecified atom stereocenters. The SMILES string of the molecule is CCCN(CCC)CCCn1c(C)nc2c1c(=O)n(C)c(=O)n2C.Cl. The van der Waals surface area contributed by atoms with Crippen LogP contribution in [0.25, 0.3) is 11.2 Å². The maximum atomic E-state index is 12.5. The summed E-state index contributed by atoms with van der Waals surface area (Å²) in [6, 6.07) is 0. The minimum atomic E-state index is -0.339. The quantitative estimate of drug-likeness (QED) is 0.708. The lowest BCUT2D eigenvalue weighted by molar-refractivity contribution is 0.266. The highest BCUT2D eigenvalue weighted by Crippen LogP contribution is 2.11. The van der Waals surface area contributed by atoms with E-state index in [9.17, 15) is 9.59 Å². The van der Waals surface area contributed by atoms with Crippen LogP contribution in [-0.2, 0) is 20.6 Å². The van der Waals surface area contributed by atoms with Crippen molar-refractivity contribution in [2.24, 2.45) is 14.1 Å². The highest BCUT2D eigenvalue weighted by Gasteiger charge is 2.16. The van der Waals surface area contributed by atoms with Crippen LogP contribution in [0.15, 0.2) is 9.59 Å². The normalized spacial score (nSPS) is 11.3. The van der Waals surface area contributed by atoms with Crippen LogP contribution in [-0.4, -0.2) is 43.2 Å². The number of aryl methyl sites for hydroxylation is 3. The molecule has 2 rings (SSSR count). The summed E-state index contributed by atoms with van der Waals surface area (Å²) < 4.78 is 4.55. The molecular weight excluding hydrogens is 342 g/mol. The number of hydrogen-bond donors (Lipinski definition) is 0. The number of fused-ring (bicyclic) bond motifs is 1. The van der Waals surface area contributed by atoms with Gasteiger partial charge < -0.3 is 9.47 Å². The Kier molecular flexibility index (Phi) is 7.89. The van der Waals surface area contributed by atoms with Crippen molar-refractivity contribution in [1.29, 1.82) is 0 Å². The molecule has 0 N–H and O–H groups in total. The predicted molar refractivity (Wildman–Crippen MR) is 104 cm³/mol. The molecule has 0 radical (unpaired) electrons. The van der Waals surface area contributed by atoms with Crippen LogP contribution >= 0.6 is 12.4 Å². The van der Waals surface area contributed by atoms with Crippen molar-refractivity contribution in [1.82, 2.24) is 23.6 Å². The molecule has 0 saturated heterocycles. The fourth-order valence-electron chi connectivity index (χ4n) is 3.25. The van der Waals surface area contributed by atoms with Gasteiger partial charge in [-0.3, -0.25) is 13.9 Å². The van der Waals surface area contributed by atoms with Gasteiger partial charge in [-0.05, 0) is 45.8 Å².